The topological polar surface area (TPSA) is 66.3 Å². The summed E-state index contributed by atoms with van der Waals surface area (Å²) in [6.45, 7) is 3.19. The van der Waals surface area contributed by atoms with Crippen LogP contribution in [0.3, 0.4) is 0 Å². The number of hydrogen-bond donors (Lipinski definition) is 1. The summed E-state index contributed by atoms with van der Waals surface area (Å²) in [7, 11) is 0. The molecule has 1 amide bonds. The van der Waals surface area contributed by atoms with Gasteiger partial charge < -0.3 is 10.0 Å². The highest BCUT2D eigenvalue weighted by Gasteiger charge is 2.25. The van der Waals surface area contributed by atoms with Gasteiger partial charge in [0.1, 0.15) is 10.6 Å². The molecule has 2 heterocycles. The van der Waals surface area contributed by atoms with E-state index >= 15 is 0 Å². The van der Waals surface area contributed by atoms with Crippen LogP contribution in [0.4, 0.5) is 0 Å². The third-order valence-electron chi connectivity index (χ3n) is 3.57. The number of benzene rings is 1. The van der Waals surface area contributed by atoms with Crippen molar-refractivity contribution in [2.24, 2.45) is 0 Å². The molecular formula is C14H15N3O2S. The molecule has 0 spiro atoms. The minimum atomic E-state index is -0.00848. The molecule has 1 aromatic heterocycles. The molecule has 3 rings (SSSR count). The van der Waals surface area contributed by atoms with Crippen molar-refractivity contribution >= 4 is 17.4 Å². The average Bonchev–Trinajstić information content (AvgIpc) is 2.94. The van der Waals surface area contributed by atoms with Gasteiger partial charge in [-0.2, -0.15) is 0 Å². The van der Waals surface area contributed by atoms with Crippen LogP contribution in [0.1, 0.15) is 33.4 Å². The number of phenolic OH excluding ortho intramolecular Hbond substituents is 1. The first-order valence-electron chi connectivity index (χ1n) is 6.60. The number of carbonyl (C=O) groups is 1. The second kappa shape index (κ2) is 5.20. The Morgan fingerprint density at radius 3 is 3.10 bits per heavy atom. The summed E-state index contributed by atoms with van der Waals surface area (Å²) in [5, 5.41) is 13.5. The van der Waals surface area contributed by atoms with Crippen molar-refractivity contribution in [1.82, 2.24) is 14.5 Å². The molecule has 6 heteroatoms. The molecule has 1 aliphatic rings. The number of amides is 1. The van der Waals surface area contributed by atoms with Crippen LogP contribution in [0.15, 0.2) is 18.2 Å². The lowest BCUT2D eigenvalue weighted by Crippen LogP contribution is -2.35. The molecule has 0 bridgehead atoms. The van der Waals surface area contributed by atoms with Gasteiger partial charge in [-0.1, -0.05) is 17.5 Å². The number of carbonyl (C=O) groups excluding carboxylic acids is 1. The van der Waals surface area contributed by atoms with Crippen molar-refractivity contribution in [1.29, 1.82) is 0 Å². The quantitative estimate of drug-likeness (QED) is 0.918. The van der Waals surface area contributed by atoms with Gasteiger partial charge >= 0.3 is 0 Å². The Morgan fingerprint density at radius 2 is 2.30 bits per heavy atom. The molecule has 1 aromatic carbocycles. The summed E-state index contributed by atoms with van der Waals surface area (Å²) < 4.78 is 3.87. The standard InChI is InChI=1S/C14H15N3O2S/c1-2-12-13(20-16-15-12)14(19)17-6-5-9-3-4-11(18)7-10(9)8-17/h3-4,7,18H,2,5-6,8H2,1H3. The van der Waals surface area contributed by atoms with Crippen molar-refractivity contribution in [2.45, 2.75) is 26.3 Å². The smallest absolute Gasteiger partial charge is 0.267 e. The number of aromatic hydroxyl groups is 1. The van der Waals surface area contributed by atoms with Gasteiger partial charge in [-0.05, 0) is 47.6 Å². The maximum Gasteiger partial charge on any atom is 0.267 e. The van der Waals surface area contributed by atoms with Crippen LogP contribution in [-0.2, 0) is 19.4 Å². The number of phenols is 1. The Kier molecular flexibility index (Phi) is 3.40. The van der Waals surface area contributed by atoms with E-state index in [9.17, 15) is 9.90 Å². The van der Waals surface area contributed by atoms with Gasteiger partial charge in [0.15, 0.2) is 0 Å². The molecule has 20 heavy (non-hydrogen) atoms. The fourth-order valence-electron chi connectivity index (χ4n) is 2.46. The zero-order valence-corrected chi connectivity index (χ0v) is 12.0. The summed E-state index contributed by atoms with van der Waals surface area (Å²) in [4.78, 5) is 15.0. The van der Waals surface area contributed by atoms with Gasteiger partial charge in [0.25, 0.3) is 5.91 Å². The van der Waals surface area contributed by atoms with Gasteiger partial charge in [0.2, 0.25) is 0 Å². The Balaban J connectivity index is 1.85. The Labute approximate surface area is 121 Å². The predicted octanol–water partition coefficient (Wildman–Crippen LogP) is 2.00. The monoisotopic (exact) mass is 289 g/mol. The molecule has 5 nitrogen and oxygen atoms in total. The maximum atomic E-state index is 12.5. The SMILES string of the molecule is CCc1nnsc1C(=O)N1CCc2ccc(O)cc2C1. The first-order chi connectivity index (χ1) is 9.69. The summed E-state index contributed by atoms with van der Waals surface area (Å²) in [5.74, 6) is 0.234. The Hall–Kier alpha value is -1.95. The van der Waals surface area contributed by atoms with Crippen molar-refractivity contribution in [2.75, 3.05) is 6.54 Å². The molecule has 2 aromatic rings. The maximum absolute atomic E-state index is 12.5. The second-order valence-electron chi connectivity index (χ2n) is 4.83. The number of rotatable bonds is 2. The van der Waals surface area contributed by atoms with Crippen LogP contribution in [0, 0.1) is 0 Å². The average molecular weight is 289 g/mol. The lowest BCUT2D eigenvalue weighted by molar-refractivity contribution is 0.0738. The molecular weight excluding hydrogens is 274 g/mol. The summed E-state index contributed by atoms with van der Waals surface area (Å²) >= 11 is 1.16. The molecule has 0 radical (unpaired) electrons. The first kappa shape index (κ1) is 13.1. The predicted molar refractivity (Wildman–Crippen MR) is 75.8 cm³/mol. The Bertz CT molecular complexity index is 654. The van der Waals surface area contributed by atoms with E-state index in [0.29, 0.717) is 24.4 Å². The molecule has 0 aliphatic carbocycles. The molecule has 104 valence electrons. The first-order valence-corrected chi connectivity index (χ1v) is 7.37. The van der Waals surface area contributed by atoms with Crippen LogP contribution in [0.5, 0.6) is 5.75 Å². The zero-order chi connectivity index (χ0) is 14.1. The lowest BCUT2D eigenvalue weighted by atomic mass is 9.99. The minimum absolute atomic E-state index is 0.00848. The van der Waals surface area contributed by atoms with Crippen molar-refractivity contribution < 1.29 is 9.90 Å². The van der Waals surface area contributed by atoms with Crippen molar-refractivity contribution in [3.63, 3.8) is 0 Å². The molecule has 1 aliphatic heterocycles. The van der Waals surface area contributed by atoms with Gasteiger partial charge in [-0.3, -0.25) is 4.79 Å². The van der Waals surface area contributed by atoms with Crippen LogP contribution in [-0.4, -0.2) is 32.0 Å². The molecule has 0 unspecified atom stereocenters. The fourth-order valence-corrected chi connectivity index (χ4v) is 3.18. The van der Waals surface area contributed by atoms with Gasteiger partial charge in [0, 0.05) is 13.1 Å². The minimum Gasteiger partial charge on any atom is -0.508 e. The van der Waals surface area contributed by atoms with E-state index in [4.69, 9.17) is 0 Å². The largest absolute Gasteiger partial charge is 0.508 e. The molecule has 1 N–H and O–H groups in total. The third-order valence-corrected chi connectivity index (χ3v) is 4.33. The van der Waals surface area contributed by atoms with E-state index in [0.717, 1.165) is 29.2 Å². The highest BCUT2D eigenvalue weighted by molar-refractivity contribution is 7.08. The van der Waals surface area contributed by atoms with E-state index in [2.05, 4.69) is 9.59 Å². The van der Waals surface area contributed by atoms with Crippen molar-refractivity contribution in [3.8, 4) is 5.75 Å². The van der Waals surface area contributed by atoms with E-state index in [-0.39, 0.29) is 11.7 Å². The normalized spacial score (nSPS) is 14.2. The Morgan fingerprint density at radius 1 is 1.45 bits per heavy atom. The van der Waals surface area contributed by atoms with E-state index in [1.807, 2.05) is 13.0 Å². The van der Waals surface area contributed by atoms with E-state index in [1.54, 1.807) is 17.0 Å². The van der Waals surface area contributed by atoms with Gasteiger partial charge in [-0.25, -0.2) is 0 Å². The van der Waals surface area contributed by atoms with E-state index in [1.165, 1.54) is 5.56 Å². The fraction of sp³-hybridized carbons (Fsp3) is 0.357. The second-order valence-corrected chi connectivity index (χ2v) is 5.59. The van der Waals surface area contributed by atoms with Crippen molar-refractivity contribution in [3.05, 3.63) is 39.9 Å². The van der Waals surface area contributed by atoms with Crippen LogP contribution in [0.25, 0.3) is 0 Å². The number of aryl methyl sites for hydroxylation is 1. The molecule has 0 atom stereocenters. The lowest BCUT2D eigenvalue weighted by Gasteiger charge is -2.28. The summed E-state index contributed by atoms with van der Waals surface area (Å²) in [6.07, 6.45) is 1.53. The number of aromatic nitrogens is 2. The third kappa shape index (κ3) is 2.27. The zero-order valence-electron chi connectivity index (χ0n) is 11.2. The summed E-state index contributed by atoms with van der Waals surface area (Å²) in [5.41, 5.74) is 2.98. The van der Waals surface area contributed by atoms with Crippen LogP contribution >= 0.6 is 11.5 Å². The molecule has 0 fully saturated rings. The molecule has 0 saturated carbocycles. The highest BCUT2D eigenvalue weighted by atomic mass is 32.1. The van der Waals surface area contributed by atoms with Crippen LogP contribution < -0.4 is 0 Å². The number of hydrogen-bond acceptors (Lipinski definition) is 5. The number of nitrogens with zero attached hydrogens (tertiary/aromatic N) is 3. The van der Waals surface area contributed by atoms with Gasteiger partial charge in [0.05, 0.1) is 5.69 Å². The van der Waals surface area contributed by atoms with Gasteiger partial charge in [-0.15, -0.1) is 5.10 Å². The summed E-state index contributed by atoms with van der Waals surface area (Å²) in [6, 6.07) is 5.36. The number of fused-ring (bicyclic) bond motifs is 1. The highest BCUT2D eigenvalue weighted by Crippen LogP contribution is 2.25. The van der Waals surface area contributed by atoms with E-state index < -0.39 is 0 Å². The molecule has 0 saturated heterocycles. The van der Waals surface area contributed by atoms with Crippen LogP contribution in [0.2, 0.25) is 0 Å².